The second kappa shape index (κ2) is 5.09. The van der Waals surface area contributed by atoms with Crippen molar-refractivity contribution in [1.29, 1.82) is 0 Å². The SMILES string of the molecule is CC(C(=O)NC(CO)CO)=C1CNC1. The number of aliphatic hydroxyl groups excluding tert-OH is 2. The van der Waals surface area contributed by atoms with E-state index in [4.69, 9.17) is 10.2 Å². The lowest BCUT2D eigenvalue weighted by atomic mass is 10.0. The van der Waals surface area contributed by atoms with Crippen LogP contribution in [-0.2, 0) is 4.79 Å². The molecule has 1 heterocycles. The van der Waals surface area contributed by atoms with E-state index >= 15 is 0 Å². The average molecular weight is 200 g/mol. The Hall–Kier alpha value is -0.910. The van der Waals surface area contributed by atoms with Crippen LogP contribution < -0.4 is 10.6 Å². The molecule has 0 radical (unpaired) electrons. The molecule has 14 heavy (non-hydrogen) atoms. The second-order valence-electron chi connectivity index (χ2n) is 3.37. The molecule has 0 saturated carbocycles. The average Bonchev–Trinajstić information content (AvgIpc) is 2.10. The highest BCUT2D eigenvalue weighted by Gasteiger charge is 2.17. The fraction of sp³-hybridized carbons (Fsp3) is 0.667. The van der Waals surface area contributed by atoms with Crippen LogP contribution in [0.5, 0.6) is 0 Å². The summed E-state index contributed by atoms with van der Waals surface area (Å²) < 4.78 is 0. The highest BCUT2D eigenvalue weighted by molar-refractivity contribution is 5.94. The van der Waals surface area contributed by atoms with E-state index in [9.17, 15) is 4.79 Å². The van der Waals surface area contributed by atoms with Crippen LogP contribution in [0.4, 0.5) is 0 Å². The van der Waals surface area contributed by atoms with Crippen molar-refractivity contribution in [2.75, 3.05) is 26.3 Å². The molecule has 1 saturated heterocycles. The normalized spacial score (nSPS) is 15.3. The Balaban J connectivity index is 2.48. The lowest BCUT2D eigenvalue weighted by Crippen LogP contribution is -2.43. The molecule has 4 N–H and O–H groups in total. The monoisotopic (exact) mass is 200 g/mol. The van der Waals surface area contributed by atoms with Gasteiger partial charge in [-0.3, -0.25) is 4.79 Å². The van der Waals surface area contributed by atoms with Gasteiger partial charge in [0.25, 0.3) is 0 Å². The largest absolute Gasteiger partial charge is 0.394 e. The van der Waals surface area contributed by atoms with E-state index in [1.807, 2.05) is 0 Å². The summed E-state index contributed by atoms with van der Waals surface area (Å²) in [5.41, 5.74) is 1.76. The lowest BCUT2D eigenvalue weighted by Gasteiger charge is -2.22. The van der Waals surface area contributed by atoms with Gasteiger partial charge in [0.1, 0.15) is 0 Å². The van der Waals surface area contributed by atoms with E-state index in [1.54, 1.807) is 6.92 Å². The van der Waals surface area contributed by atoms with Crippen LogP contribution in [-0.4, -0.2) is 48.5 Å². The van der Waals surface area contributed by atoms with Gasteiger partial charge < -0.3 is 20.8 Å². The van der Waals surface area contributed by atoms with Crippen LogP contribution in [0.2, 0.25) is 0 Å². The first kappa shape index (κ1) is 11.2. The number of carbonyl (C=O) groups is 1. The molecule has 1 amide bonds. The molecule has 0 aliphatic carbocycles. The molecule has 1 rings (SSSR count). The summed E-state index contributed by atoms with van der Waals surface area (Å²) in [7, 11) is 0. The predicted molar refractivity (Wildman–Crippen MR) is 51.7 cm³/mol. The standard InChI is InChI=1S/C9H16N2O3/c1-6(7-2-10-3-7)9(14)11-8(4-12)5-13/h8,10,12-13H,2-5H2,1H3,(H,11,14). The zero-order chi connectivity index (χ0) is 10.6. The van der Waals surface area contributed by atoms with E-state index in [2.05, 4.69) is 10.6 Å². The molecule has 0 aromatic carbocycles. The summed E-state index contributed by atoms with van der Waals surface area (Å²) in [4.78, 5) is 11.5. The fourth-order valence-electron chi connectivity index (χ4n) is 1.12. The van der Waals surface area contributed by atoms with Gasteiger partial charge in [-0.15, -0.1) is 0 Å². The Labute approximate surface area is 82.8 Å². The Bertz CT molecular complexity index is 240. The summed E-state index contributed by atoms with van der Waals surface area (Å²) in [5, 5.41) is 23.1. The fourth-order valence-corrected chi connectivity index (χ4v) is 1.12. The Morgan fingerprint density at radius 1 is 1.50 bits per heavy atom. The number of carbonyl (C=O) groups excluding carboxylic acids is 1. The van der Waals surface area contributed by atoms with Gasteiger partial charge in [0.15, 0.2) is 0 Å². The van der Waals surface area contributed by atoms with Gasteiger partial charge in [-0.25, -0.2) is 0 Å². The zero-order valence-electron chi connectivity index (χ0n) is 8.21. The van der Waals surface area contributed by atoms with Gasteiger partial charge in [-0.2, -0.15) is 0 Å². The number of hydrogen-bond acceptors (Lipinski definition) is 4. The third-order valence-corrected chi connectivity index (χ3v) is 2.32. The van der Waals surface area contributed by atoms with Crippen molar-refractivity contribution in [2.24, 2.45) is 0 Å². The van der Waals surface area contributed by atoms with E-state index in [-0.39, 0.29) is 19.1 Å². The van der Waals surface area contributed by atoms with Crippen molar-refractivity contribution >= 4 is 5.91 Å². The molecule has 0 unspecified atom stereocenters. The molecular formula is C9H16N2O3. The predicted octanol–water partition coefficient (Wildman–Crippen LogP) is -1.62. The molecule has 0 atom stereocenters. The first-order valence-corrected chi connectivity index (χ1v) is 4.61. The maximum absolute atomic E-state index is 11.5. The summed E-state index contributed by atoms with van der Waals surface area (Å²) in [5.74, 6) is -0.213. The van der Waals surface area contributed by atoms with E-state index in [0.29, 0.717) is 5.57 Å². The van der Waals surface area contributed by atoms with Crippen LogP contribution in [0, 0.1) is 0 Å². The molecule has 0 aromatic rings. The minimum Gasteiger partial charge on any atom is -0.394 e. The summed E-state index contributed by atoms with van der Waals surface area (Å²) >= 11 is 0. The maximum atomic E-state index is 11.5. The minimum atomic E-state index is -0.564. The number of aliphatic hydroxyl groups is 2. The molecule has 1 aliphatic rings. The van der Waals surface area contributed by atoms with Crippen molar-refractivity contribution in [3.63, 3.8) is 0 Å². The van der Waals surface area contributed by atoms with Gasteiger partial charge in [0, 0.05) is 18.7 Å². The van der Waals surface area contributed by atoms with Crippen molar-refractivity contribution in [3.05, 3.63) is 11.1 Å². The van der Waals surface area contributed by atoms with Gasteiger partial charge in [-0.05, 0) is 12.5 Å². The smallest absolute Gasteiger partial charge is 0.247 e. The van der Waals surface area contributed by atoms with Crippen LogP contribution >= 0.6 is 0 Å². The number of hydrogen-bond donors (Lipinski definition) is 4. The molecule has 0 bridgehead atoms. The summed E-state index contributed by atoms with van der Waals surface area (Å²) in [6, 6.07) is -0.564. The van der Waals surface area contributed by atoms with Crippen LogP contribution in [0.25, 0.3) is 0 Å². The third kappa shape index (κ3) is 2.54. The second-order valence-corrected chi connectivity index (χ2v) is 3.37. The van der Waals surface area contributed by atoms with Crippen molar-refractivity contribution in [3.8, 4) is 0 Å². The lowest BCUT2D eigenvalue weighted by molar-refractivity contribution is -0.118. The quantitative estimate of drug-likeness (QED) is 0.411. The van der Waals surface area contributed by atoms with Crippen molar-refractivity contribution in [1.82, 2.24) is 10.6 Å². The Kier molecular flexibility index (Phi) is 4.06. The molecule has 5 nitrogen and oxygen atoms in total. The first-order valence-electron chi connectivity index (χ1n) is 4.61. The van der Waals surface area contributed by atoms with E-state index < -0.39 is 6.04 Å². The minimum absolute atomic E-state index is 0.213. The van der Waals surface area contributed by atoms with Crippen LogP contribution in [0.3, 0.4) is 0 Å². The molecular weight excluding hydrogens is 184 g/mol. The van der Waals surface area contributed by atoms with E-state index in [0.717, 1.165) is 18.7 Å². The zero-order valence-corrected chi connectivity index (χ0v) is 8.21. The van der Waals surface area contributed by atoms with Crippen molar-refractivity contribution < 1.29 is 15.0 Å². The highest BCUT2D eigenvalue weighted by atomic mass is 16.3. The van der Waals surface area contributed by atoms with E-state index in [1.165, 1.54) is 0 Å². The molecule has 0 aromatic heterocycles. The molecule has 0 spiro atoms. The van der Waals surface area contributed by atoms with Crippen LogP contribution in [0.1, 0.15) is 6.92 Å². The van der Waals surface area contributed by atoms with Gasteiger partial charge in [0.05, 0.1) is 19.3 Å². The summed E-state index contributed by atoms with van der Waals surface area (Å²) in [6.45, 7) is 2.76. The highest BCUT2D eigenvalue weighted by Crippen LogP contribution is 2.08. The number of amides is 1. The molecule has 80 valence electrons. The molecule has 1 aliphatic heterocycles. The van der Waals surface area contributed by atoms with Gasteiger partial charge in [-0.1, -0.05) is 0 Å². The third-order valence-electron chi connectivity index (χ3n) is 2.32. The topological polar surface area (TPSA) is 81.6 Å². The number of nitrogens with one attached hydrogen (secondary N) is 2. The van der Waals surface area contributed by atoms with Gasteiger partial charge >= 0.3 is 0 Å². The first-order chi connectivity index (χ1) is 6.69. The Morgan fingerprint density at radius 2 is 2.07 bits per heavy atom. The Morgan fingerprint density at radius 3 is 2.43 bits per heavy atom. The number of rotatable bonds is 4. The van der Waals surface area contributed by atoms with Crippen molar-refractivity contribution in [2.45, 2.75) is 13.0 Å². The van der Waals surface area contributed by atoms with Crippen LogP contribution in [0.15, 0.2) is 11.1 Å². The van der Waals surface area contributed by atoms with Gasteiger partial charge in [0.2, 0.25) is 5.91 Å². The summed E-state index contributed by atoms with van der Waals surface area (Å²) in [6.07, 6.45) is 0. The maximum Gasteiger partial charge on any atom is 0.247 e. The molecule has 1 fully saturated rings. The molecule has 5 heteroatoms.